The Hall–Kier alpha value is -2.06. The average Bonchev–Trinajstić information content (AvgIpc) is 2.85. The summed E-state index contributed by atoms with van der Waals surface area (Å²) in [5.74, 6) is 0.243. The minimum absolute atomic E-state index is 0.00346. The van der Waals surface area contributed by atoms with Crippen LogP contribution in [0.4, 0.5) is 0 Å². The fourth-order valence-electron chi connectivity index (χ4n) is 2.39. The summed E-state index contributed by atoms with van der Waals surface area (Å²) in [6.07, 6.45) is 2.11. The average molecular weight is 396 g/mol. The number of ether oxygens (including phenoxy) is 2. The monoisotopic (exact) mass is 395 g/mol. The molecule has 1 heterocycles. The summed E-state index contributed by atoms with van der Waals surface area (Å²) in [4.78, 5) is 25.2. The van der Waals surface area contributed by atoms with Gasteiger partial charge in [-0.1, -0.05) is 24.0 Å². The molecule has 1 saturated heterocycles. The third kappa shape index (κ3) is 5.22. The second-order valence-electron chi connectivity index (χ2n) is 5.40. The first kappa shape index (κ1) is 20.3. The normalized spacial score (nSPS) is 15.6. The number of amides is 1. The van der Waals surface area contributed by atoms with Gasteiger partial charge in [0.15, 0.2) is 0 Å². The number of nitrogens with zero attached hydrogens (tertiary/aromatic N) is 1. The second-order valence-corrected chi connectivity index (χ2v) is 7.07. The number of carbonyl (C=O) groups is 2. The largest absolute Gasteiger partial charge is 0.494 e. The van der Waals surface area contributed by atoms with Gasteiger partial charge in [-0.05, 0) is 38.5 Å². The summed E-state index contributed by atoms with van der Waals surface area (Å²) in [5.41, 5.74) is 0.765. The summed E-state index contributed by atoms with van der Waals surface area (Å²) in [6, 6.07) is 5.46. The number of benzene rings is 1. The summed E-state index contributed by atoms with van der Waals surface area (Å²) in [7, 11) is 0. The van der Waals surface area contributed by atoms with Crippen molar-refractivity contribution < 1.29 is 24.2 Å². The minimum Gasteiger partial charge on any atom is -0.494 e. The van der Waals surface area contributed by atoms with Gasteiger partial charge in [0.25, 0.3) is 5.91 Å². The van der Waals surface area contributed by atoms with Crippen molar-refractivity contribution >= 4 is 46.3 Å². The van der Waals surface area contributed by atoms with E-state index in [1.807, 2.05) is 26.0 Å². The predicted molar refractivity (Wildman–Crippen MR) is 106 cm³/mol. The highest BCUT2D eigenvalue weighted by Gasteiger charge is 2.31. The van der Waals surface area contributed by atoms with Gasteiger partial charge in [0.1, 0.15) is 15.8 Å². The van der Waals surface area contributed by atoms with Crippen LogP contribution in [-0.4, -0.2) is 46.0 Å². The molecule has 0 saturated carbocycles. The van der Waals surface area contributed by atoms with E-state index in [0.717, 1.165) is 5.56 Å². The van der Waals surface area contributed by atoms with Crippen LogP contribution in [0.25, 0.3) is 6.08 Å². The molecule has 8 heteroatoms. The molecule has 140 valence electrons. The van der Waals surface area contributed by atoms with E-state index in [9.17, 15) is 9.59 Å². The highest BCUT2D eigenvalue weighted by molar-refractivity contribution is 8.26. The lowest BCUT2D eigenvalue weighted by Gasteiger charge is -2.13. The van der Waals surface area contributed by atoms with E-state index in [-0.39, 0.29) is 12.3 Å². The number of hydrogen-bond acceptors (Lipinski definition) is 6. The Kier molecular flexibility index (Phi) is 7.47. The Bertz CT molecular complexity index is 732. The molecule has 0 aromatic heterocycles. The smallest absolute Gasteiger partial charge is 0.303 e. The van der Waals surface area contributed by atoms with Gasteiger partial charge in [-0.25, -0.2) is 0 Å². The number of rotatable bonds is 9. The molecule has 0 aliphatic carbocycles. The van der Waals surface area contributed by atoms with E-state index in [0.29, 0.717) is 46.9 Å². The van der Waals surface area contributed by atoms with Gasteiger partial charge in [-0.2, -0.15) is 0 Å². The van der Waals surface area contributed by atoms with E-state index >= 15 is 0 Å². The number of carbonyl (C=O) groups excluding carboxylic acids is 1. The predicted octanol–water partition coefficient (Wildman–Crippen LogP) is 3.55. The van der Waals surface area contributed by atoms with E-state index < -0.39 is 5.97 Å². The molecule has 6 nitrogen and oxygen atoms in total. The topological polar surface area (TPSA) is 76.1 Å². The van der Waals surface area contributed by atoms with Gasteiger partial charge in [0.2, 0.25) is 0 Å². The highest BCUT2D eigenvalue weighted by atomic mass is 32.2. The highest BCUT2D eigenvalue weighted by Crippen LogP contribution is 2.35. The molecular weight excluding hydrogens is 374 g/mol. The molecule has 1 fully saturated rings. The molecule has 26 heavy (non-hydrogen) atoms. The van der Waals surface area contributed by atoms with Crippen LogP contribution in [-0.2, 0) is 9.59 Å². The lowest BCUT2D eigenvalue weighted by atomic mass is 10.1. The van der Waals surface area contributed by atoms with Crippen LogP contribution in [0.2, 0.25) is 0 Å². The van der Waals surface area contributed by atoms with Crippen molar-refractivity contribution in [1.82, 2.24) is 4.90 Å². The Morgan fingerprint density at radius 1 is 1.31 bits per heavy atom. The molecule has 1 amide bonds. The van der Waals surface area contributed by atoms with Crippen molar-refractivity contribution in [3.05, 3.63) is 28.7 Å². The Balaban J connectivity index is 2.19. The van der Waals surface area contributed by atoms with Crippen molar-refractivity contribution in [2.75, 3.05) is 19.8 Å². The molecule has 1 N–H and O–H groups in total. The first-order valence-electron chi connectivity index (χ1n) is 8.33. The van der Waals surface area contributed by atoms with Gasteiger partial charge in [-0.15, -0.1) is 0 Å². The van der Waals surface area contributed by atoms with Crippen LogP contribution in [0.15, 0.2) is 23.1 Å². The maximum absolute atomic E-state index is 12.6. The van der Waals surface area contributed by atoms with Crippen LogP contribution in [0.1, 0.15) is 32.3 Å². The number of thiocarbonyl (C=S) groups is 1. The van der Waals surface area contributed by atoms with Crippen molar-refractivity contribution in [1.29, 1.82) is 0 Å². The number of thioether (sulfide) groups is 1. The molecule has 1 aromatic carbocycles. The van der Waals surface area contributed by atoms with E-state index in [1.54, 1.807) is 12.1 Å². The second kappa shape index (κ2) is 9.59. The van der Waals surface area contributed by atoms with E-state index in [1.165, 1.54) is 16.7 Å². The summed E-state index contributed by atoms with van der Waals surface area (Å²) in [5, 5.41) is 8.73. The van der Waals surface area contributed by atoms with Crippen LogP contribution in [0.3, 0.4) is 0 Å². The van der Waals surface area contributed by atoms with Gasteiger partial charge in [-0.3, -0.25) is 14.5 Å². The fraction of sp³-hybridized carbons (Fsp3) is 0.389. The molecule has 1 aromatic rings. The van der Waals surface area contributed by atoms with Crippen LogP contribution in [0, 0.1) is 0 Å². The standard InChI is InChI=1S/C18H21NO5S2/c1-3-23-13-8-7-12(14(11-13)24-4-2)10-15-17(22)19(18(25)26-15)9-5-6-16(20)21/h7-8,10-11H,3-6,9H2,1-2H3,(H,20,21). The molecule has 0 radical (unpaired) electrons. The lowest BCUT2D eigenvalue weighted by molar-refractivity contribution is -0.137. The number of carboxylic acids is 1. The molecule has 1 aliphatic heterocycles. The molecule has 0 atom stereocenters. The summed E-state index contributed by atoms with van der Waals surface area (Å²) < 4.78 is 11.6. The molecule has 0 bridgehead atoms. The van der Waals surface area contributed by atoms with Crippen molar-refractivity contribution in [2.24, 2.45) is 0 Å². The number of hydrogen-bond donors (Lipinski definition) is 1. The van der Waals surface area contributed by atoms with Gasteiger partial charge < -0.3 is 14.6 Å². The van der Waals surface area contributed by atoms with Gasteiger partial charge in [0.05, 0.1) is 18.1 Å². The third-order valence-electron chi connectivity index (χ3n) is 3.53. The number of aliphatic carboxylic acids is 1. The maximum Gasteiger partial charge on any atom is 0.303 e. The zero-order chi connectivity index (χ0) is 19.1. The Morgan fingerprint density at radius 2 is 2.04 bits per heavy atom. The molecule has 0 unspecified atom stereocenters. The van der Waals surface area contributed by atoms with Crippen LogP contribution in [0.5, 0.6) is 11.5 Å². The maximum atomic E-state index is 12.6. The molecular formula is C18H21NO5S2. The van der Waals surface area contributed by atoms with Crippen molar-refractivity contribution in [3.63, 3.8) is 0 Å². The van der Waals surface area contributed by atoms with Crippen LogP contribution < -0.4 is 9.47 Å². The first-order chi connectivity index (χ1) is 12.5. The Morgan fingerprint density at radius 3 is 2.69 bits per heavy atom. The first-order valence-corrected chi connectivity index (χ1v) is 9.55. The van der Waals surface area contributed by atoms with Crippen molar-refractivity contribution in [3.8, 4) is 11.5 Å². The third-order valence-corrected chi connectivity index (χ3v) is 4.91. The quantitative estimate of drug-likeness (QED) is 0.506. The van der Waals surface area contributed by atoms with Gasteiger partial charge >= 0.3 is 5.97 Å². The zero-order valence-electron chi connectivity index (χ0n) is 14.7. The van der Waals surface area contributed by atoms with Crippen LogP contribution >= 0.6 is 24.0 Å². The fourth-order valence-corrected chi connectivity index (χ4v) is 3.69. The SMILES string of the molecule is CCOc1ccc(C=C2SC(=S)N(CCCC(=O)O)C2=O)c(OCC)c1. The molecule has 1 aliphatic rings. The lowest BCUT2D eigenvalue weighted by Crippen LogP contribution is -2.29. The van der Waals surface area contributed by atoms with Crippen molar-refractivity contribution in [2.45, 2.75) is 26.7 Å². The zero-order valence-corrected chi connectivity index (χ0v) is 16.3. The minimum atomic E-state index is -0.887. The van der Waals surface area contributed by atoms with E-state index in [2.05, 4.69) is 0 Å². The van der Waals surface area contributed by atoms with E-state index in [4.69, 9.17) is 26.8 Å². The Labute approximate surface area is 162 Å². The van der Waals surface area contributed by atoms with Gasteiger partial charge in [0, 0.05) is 24.6 Å². The summed E-state index contributed by atoms with van der Waals surface area (Å²) in [6.45, 7) is 5.14. The number of carboxylic acid groups (broad SMARTS) is 1. The molecule has 2 rings (SSSR count). The summed E-state index contributed by atoms with van der Waals surface area (Å²) >= 11 is 6.47. The molecule has 0 spiro atoms.